The predicted molar refractivity (Wildman–Crippen MR) is 86.0 cm³/mol. The molecule has 0 aliphatic heterocycles. The maximum Gasteiger partial charge on any atom is 0.224 e. The van der Waals surface area contributed by atoms with Crippen molar-refractivity contribution in [2.24, 2.45) is 5.92 Å². The van der Waals surface area contributed by atoms with Crippen LogP contribution in [-0.4, -0.2) is 29.7 Å². The summed E-state index contributed by atoms with van der Waals surface area (Å²) in [5.41, 5.74) is 1.96. The lowest BCUT2D eigenvalue weighted by atomic mass is 10.1. The van der Waals surface area contributed by atoms with Gasteiger partial charge in [-0.05, 0) is 29.5 Å². The molecule has 120 valence electrons. The molecule has 5 heteroatoms. The number of nitrogens with zero attached hydrogens (tertiary/aromatic N) is 1. The normalized spacial score (nSPS) is 20.6. The van der Waals surface area contributed by atoms with Crippen LogP contribution in [0.3, 0.4) is 0 Å². The third kappa shape index (κ3) is 3.51. The largest absolute Gasteiger partial charge is 0.481 e. The number of pyridine rings is 1. The average molecular weight is 312 g/mol. The van der Waals surface area contributed by atoms with E-state index in [0.717, 1.165) is 12.0 Å². The Balaban J connectivity index is 1.62. The fraction of sp³-hybridized carbons (Fsp3) is 0.333. The molecule has 1 saturated carbocycles. The number of benzene rings is 1. The number of carbonyl (C=O) groups is 1. The van der Waals surface area contributed by atoms with Crippen LogP contribution >= 0.6 is 0 Å². The van der Waals surface area contributed by atoms with Crippen LogP contribution in [0, 0.1) is 5.92 Å². The maximum absolute atomic E-state index is 12.4. The van der Waals surface area contributed by atoms with Crippen LogP contribution in [-0.2, 0) is 4.79 Å². The monoisotopic (exact) mass is 312 g/mol. The molecule has 1 aliphatic carbocycles. The van der Waals surface area contributed by atoms with Gasteiger partial charge in [-0.2, -0.15) is 0 Å². The Morgan fingerprint density at radius 1 is 1.35 bits per heavy atom. The Morgan fingerprint density at radius 3 is 2.74 bits per heavy atom. The summed E-state index contributed by atoms with van der Waals surface area (Å²) >= 11 is 0. The first kappa shape index (κ1) is 15.5. The van der Waals surface area contributed by atoms with Gasteiger partial charge in [0.1, 0.15) is 0 Å². The van der Waals surface area contributed by atoms with Crippen LogP contribution in [0.25, 0.3) is 0 Å². The number of aliphatic hydroxyl groups is 1. The second-order valence-electron chi connectivity index (χ2n) is 5.74. The van der Waals surface area contributed by atoms with Gasteiger partial charge in [0.2, 0.25) is 11.8 Å². The number of hydrogen-bond acceptors (Lipinski definition) is 4. The van der Waals surface area contributed by atoms with Gasteiger partial charge >= 0.3 is 0 Å². The summed E-state index contributed by atoms with van der Waals surface area (Å²) in [7, 11) is 1.55. The zero-order chi connectivity index (χ0) is 16.2. The van der Waals surface area contributed by atoms with E-state index in [1.807, 2.05) is 18.2 Å². The molecule has 3 rings (SSSR count). The molecule has 1 fully saturated rings. The summed E-state index contributed by atoms with van der Waals surface area (Å²) < 4.78 is 5.01. The first-order chi connectivity index (χ1) is 11.2. The minimum atomic E-state index is -0.446. The highest BCUT2D eigenvalue weighted by atomic mass is 16.5. The standard InChI is InChI=1S/C18H20N2O3/c1-23-17-8-7-13(10-19-17)16(11-21)20-18(22)15-9-14(15)12-5-3-2-4-6-12/h2-8,10,14-16,21H,9,11H2,1H3,(H,20,22)/t14-,15+,16+/m1/s1. The summed E-state index contributed by atoms with van der Waals surface area (Å²) in [6.07, 6.45) is 2.47. The minimum absolute atomic E-state index is 0.0161. The molecule has 0 unspecified atom stereocenters. The summed E-state index contributed by atoms with van der Waals surface area (Å²) in [5.74, 6) is 0.749. The van der Waals surface area contributed by atoms with Crippen LogP contribution < -0.4 is 10.1 Å². The van der Waals surface area contributed by atoms with Crippen molar-refractivity contribution in [2.75, 3.05) is 13.7 Å². The van der Waals surface area contributed by atoms with E-state index in [1.54, 1.807) is 25.4 Å². The van der Waals surface area contributed by atoms with Crippen molar-refractivity contribution >= 4 is 5.91 Å². The molecule has 0 spiro atoms. The molecular formula is C18H20N2O3. The van der Waals surface area contributed by atoms with Crippen LogP contribution in [0.1, 0.15) is 29.5 Å². The zero-order valence-corrected chi connectivity index (χ0v) is 13.0. The van der Waals surface area contributed by atoms with Gasteiger partial charge in [0.15, 0.2) is 0 Å². The highest BCUT2D eigenvalue weighted by molar-refractivity contribution is 5.83. The van der Waals surface area contributed by atoms with Gasteiger partial charge in [-0.25, -0.2) is 4.98 Å². The van der Waals surface area contributed by atoms with Gasteiger partial charge in [-0.1, -0.05) is 30.3 Å². The Morgan fingerprint density at radius 2 is 2.13 bits per heavy atom. The molecule has 1 aromatic carbocycles. The van der Waals surface area contributed by atoms with Crippen molar-refractivity contribution < 1.29 is 14.6 Å². The summed E-state index contributed by atoms with van der Waals surface area (Å²) in [4.78, 5) is 16.5. The third-order valence-electron chi connectivity index (χ3n) is 4.22. The van der Waals surface area contributed by atoms with Gasteiger partial charge in [-0.3, -0.25) is 4.79 Å². The number of nitrogens with one attached hydrogen (secondary N) is 1. The molecule has 0 radical (unpaired) electrons. The van der Waals surface area contributed by atoms with Crippen LogP contribution in [0.4, 0.5) is 0 Å². The third-order valence-corrected chi connectivity index (χ3v) is 4.22. The van der Waals surface area contributed by atoms with Crippen molar-refractivity contribution in [1.82, 2.24) is 10.3 Å². The van der Waals surface area contributed by atoms with E-state index in [2.05, 4.69) is 22.4 Å². The van der Waals surface area contributed by atoms with Crippen molar-refractivity contribution in [3.05, 3.63) is 59.8 Å². The fourth-order valence-corrected chi connectivity index (χ4v) is 2.79. The highest BCUT2D eigenvalue weighted by Gasteiger charge is 2.44. The Kier molecular flexibility index (Phi) is 4.57. The summed E-state index contributed by atoms with van der Waals surface area (Å²) in [6, 6.07) is 13.1. The number of rotatable bonds is 6. The predicted octanol–water partition coefficient (Wildman–Crippen LogP) is 2.04. The molecule has 1 aliphatic rings. The second kappa shape index (κ2) is 6.79. The molecule has 3 atom stereocenters. The Hall–Kier alpha value is -2.40. The molecule has 1 amide bonds. The van der Waals surface area contributed by atoms with Crippen LogP contribution in [0.15, 0.2) is 48.7 Å². The van der Waals surface area contributed by atoms with Crippen LogP contribution in [0.5, 0.6) is 5.88 Å². The lowest BCUT2D eigenvalue weighted by Crippen LogP contribution is -2.32. The summed E-state index contributed by atoms with van der Waals surface area (Å²) in [5, 5.41) is 12.5. The number of aromatic nitrogens is 1. The SMILES string of the molecule is COc1ccc([C@H](CO)NC(=O)[C@H]2C[C@@H]2c2ccccc2)cn1. The van der Waals surface area contributed by atoms with E-state index in [1.165, 1.54) is 5.56 Å². The first-order valence-corrected chi connectivity index (χ1v) is 7.69. The lowest BCUT2D eigenvalue weighted by Gasteiger charge is -2.16. The number of hydrogen-bond donors (Lipinski definition) is 2. The van der Waals surface area contributed by atoms with E-state index in [9.17, 15) is 9.90 Å². The molecular weight excluding hydrogens is 292 g/mol. The number of amides is 1. The van der Waals surface area contributed by atoms with Crippen molar-refractivity contribution in [1.29, 1.82) is 0 Å². The maximum atomic E-state index is 12.4. The topological polar surface area (TPSA) is 71.5 Å². The molecule has 5 nitrogen and oxygen atoms in total. The molecule has 2 N–H and O–H groups in total. The van der Waals surface area contributed by atoms with Gasteiger partial charge in [0, 0.05) is 18.2 Å². The van der Waals surface area contributed by atoms with E-state index in [4.69, 9.17) is 4.74 Å². The fourth-order valence-electron chi connectivity index (χ4n) is 2.79. The molecule has 0 saturated heterocycles. The number of aliphatic hydroxyl groups excluding tert-OH is 1. The van der Waals surface area contributed by atoms with Crippen molar-refractivity contribution in [3.63, 3.8) is 0 Å². The van der Waals surface area contributed by atoms with Gasteiger partial charge in [0.25, 0.3) is 0 Å². The van der Waals surface area contributed by atoms with Crippen molar-refractivity contribution in [3.8, 4) is 5.88 Å². The highest BCUT2D eigenvalue weighted by Crippen LogP contribution is 2.47. The molecule has 0 bridgehead atoms. The molecule has 2 aromatic rings. The first-order valence-electron chi connectivity index (χ1n) is 7.69. The quantitative estimate of drug-likeness (QED) is 0.856. The number of ether oxygens (including phenoxy) is 1. The smallest absolute Gasteiger partial charge is 0.224 e. The minimum Gasteiger partial charge on any atom is -0.481 e. The second-order valence-corrected chi connectivity index (χ2v) is 5.74. The molecule has 23 heavy (non-hydrogen) atoms. The van der Waals surface area contributed by atoms with E-state index >= 15 is 0 Å². The average Bonchev–Trinajstić information content (AvgIpc) is 3.41. The van der Waals surface area contributed by atoms with E-state index < -0.39 is 6.04 Å². The Labute approximate surface area is 135 Å². The molecule has 1 aromatic heterocycles. The Bertz CT molecular complexity index is 658. The van der Waals surface area contributed by atoms with Gasteiger partial charge < -0.3 is 15.2 Å². The number of methoxy groups -OCH3 is 1. The van der Waals surface area contributed by atoms with Crippen molar-refractivity contribution in [2.45, 2.75) is 18.4 Å². The van der Waals surface area contributed by atoms with E-state index in [-0.39, 0.29) is 24.3 Å². The zero-order valence-electron chi connectivity index (χ0n) is 13.0. The number of carbonyl (C=O) groups excluding carboxylic acids is 1. The summed E-state index contributed by atoms with van der Waals surface area (Å²) in [6.45, 7) is -0.164. The molecule has 1 heterocycles. The van der Waals surface area contributed by atoms with Gasteiger partial charge in [0.05, 0.1) is 19.8 Å². The van der Waals surface area contributed by atoms with E-state index in [0.29, 0.717) is 5.88 Å². The lowest BCUT2D eigenvalue weighted by molar-refractivity contribution is -0.123. The van der Waals surface area contributed by atoms with Crippen LogP contribution in [0.2, 0.25) is 0 Å². The van der Waals surface area contributed by atoms with Gasteiger partial charge in [-0.15, -0.1) is 0 Å².